The van der Waals surface area contributed by atoms with Gasteiger partial charge in [0.1, 0.15) is 23.2 Å². The van der Waals surface area contributed by atoms with Crippen LogP contribution >= 0.6 is 11.3 Å². The van der Waals surface area contributed by atoms with Crippen molar-refractivity contribution in [2.75, 3.05) is 11.9 Å². The quantitative estimate of drug-likeness (QED) is 0.299. The predicted octanol–water partition coefficient (Wildman–Crippen LogP) is 3.20. The van der Waals surface area contributed by atoms with Crippen molar-refractivity contribution < 1.29 is 19.3 Å². The highest BCUT2D eigenvalue weighted by Gasteiger charge is 2.50. The molecule has 2 aromatic rings. The topological polar surface area (TPSA) is 145 Å². The summed E-state index contributed by atoms with van der Waals surface area (Å²) in [6.45, 7) is 0.900. The Bertz CT molecular complexity index is 1220. The number of carbonyl (C=O) groups is 3. The van der Waals surface area contributed by atoms with Crippen LogP contribution in [-0.4, -0.2) is 34.2 Å². The molecule has 170 valence electrons. The van der Waals surface area contributed by atoms with Crippen molar-refractivity contribution in [1.29, 1.82) is 5.26 Å². The summed E-state index contributed by atoms with van der Waals surface area (Å²) in [6.07, 6.45) is 4.77. The van der Waals surface area contributed by atoms with Gasteiger partial charge in [0.2, 0.25) is 5.91 Å². The summed E-state index contributed by atoms with van der Waals surface area (Å²) in [4.78, 5) is 50.7. The zero-order valence-corrected chi connectivity index (χ0v) is 18.7. The molecule has 0 bridgehead atoms. The van der Waals surface area contributed by atoms with E-state index in [0.717, 1.165) is 47.4 Å². The van der Waals surface area contributed by atoms with E-state index < -0.39 is 34.9 Å². The summed E-state index contributed by atoms with van der Waals surface area (Å²) < 4.78 is 0. The number of nitrogens with zero attached hydrogens (tertiary/aromatic N) is 3. The average Bonchev–Trinajstić information content (AvgIpc) is 3.09. The van der Waals surface area contributed by atoms with Crippen LogP contribution in [0.4, 0.5) is 15.5 Å². The lowest BCUT2D eigenvalue weighted by Gasteiger charge is -2.21. The number of thiophene rings is 1. The number of amides is 4. The van der Waals surface area contributed by atoms with E-state index in [2.05, 4.69) is 16.7 Å². The number of urea groups is 1. The predicted molar refractivity (Wildman–Crippen MR) is 120 cm³/mol. The van der Waals surface area contributed by atoms with Crippen LogP contribution in [0.5, 0.6) is 0 Å². The molecule has 2 aliphatic rings. The van der Waals surface area contributed by atoms with Crippen molar-refractivity contribution in [2.24, 2.45) is 0 Å². The molecule has 1 aliphatic carbocycles. The highest BCUT2D eigenvalue weighted by Crippen LogP contribution is 2.37. The van der Waals surface area contributed by atoms with Crippen molar-refractivity contribution in [1.82, 2.24) is 10.2 Å². The van der Waals surface area contributed by atoms with Gasteiger partial charge >= 0.3 is 6.03 Å². The summed E-state index contributed by atoms with van der Waals surface area (Å²) in [5.74, 6) is -1.29. The van der Waals surface area contributed by atoms with Gasteiger partial charge in [-0.2, -0.15) is 5.26 Å². The Kier molecular flexibility index (Phi) is 5.86. The first-order chi connectivity index (χ1) is 15.7. The molecular formula is C22H21N5O5S. The third-order valence-corrected chi connectivity index (χ3v) is 7.20. The Balaban J connectivity index is 1.52. The van der Waals surface area contributed by atoms with Crippen LogP contribution in [-0.2, 0) is 28.0 Å². The molecular weight excluding hydrogens is 446 g/mol. The average molecular weight is 468 g/mol. The van der Waals surface area contributed by atoms with Crippen LogP contribution in [0.15, 0.2) is 24.3 Å². The standard InChI is InChI=1S/C22H21N5O5S/c1-22(13-6-5-7-14(10-13)27(31)32)20(29)26(21(30)25-22)12-18(28)24-19-16(11-23)15-8-3-2-4-9-17(15)33-19/h5-7,10H,2-4,8-9,12H2,1H3,(H,24,28)(H,25,30). The number of fused-ring (bicyclic) bond motifs is 1. The van der Waals surface area contributed by atoms with Gasteiger partial charge in [-0.1, -0.05) is 18.6 Å². The minimum Gasteiger partial charge on any atom is -0.319 e. The second-order valence-corrected chi connectivity index (χ2v) is 9.29. The van der Waals surface area contributed by atoms with Gasteiger partial charge < -0.3 is 10.6 Å². The summed E-state index contributed by atoms with van der Waals surface area (Å²) in [5.41, 5.74) is -0.0887. The zero-order chi connectivity index (χ0) is 23.8. The van der Waals surface area contributed by atoms with Crippen LogP contribution < -0.4 is 10.6 Å². The zero-order valence-electron chi connectivity index (χ0n) is 17.8. The number of non-ortho nitro benzene ring substituents is 1. The molecule has 1 fully saturated rings. The number of rotatable bonds is 5. The molecule has 33 heavy (non-hydrogen) atoms. The van der Waals surface area contributed by atoms with Gasteiger partial charge in [0.05, 0.1) is 10.5 Å². The highest BCUT2D eigenvalue weighted by atomic mass is 32.1. The fourth-order valence-corrected chi connectivity index (χ4v) is 5.48. The summed E-state index contributed by atoms with van der Waals surface area (Å²) in [5, 5.41) is 26.4. The lowest BCUT2D eigenvalue weighted by atomic mass is 9.91. The second-order valence-electron chi connectivity index (χ2n) is 8.18. The Hall–Kier alpha value is -3.78. The van der Waals surface area contributed by atoms with Gasteiger partial charge in [-0.3, -0.25) is 24.6 Å². The summed E-state index contributed by atoms with van der Waals surface area (Å²) >= 11 is 1.37. The summed E-state index contributed by atoms with van der Waals surface area (Å²) in [6, 6.07) is 6.85. The molecule has 1 atom stereocenters. The van der Waals surface area contributed by atoms with Crippen molar-refractivity contribution in [3.05, 3.63) is 55.9 Å². The van der Waals surface area contributed by atoms with Gasteiger partial charge in [-0.25, -0.2) is 4.79 Å². The van der Waals surface area contributed by atoms with E-state index >= 15 is 0 Å². The number of nitrogens with one attached hydrogen (secondary N) is 2. The SMILES string of the molecule is CC1(c2cccc([N+](=O)[O-])c2)NC(=O)N(CC(=O)Nc2sc3c(c2C#N)CCCCC3)C1=O. The maximum Gasteiger partial charge on any atom is 0.325 e. The minimum absolute atomic E-state index is 0.214. The first kappa shape index (κ1) is 22.4. The van der Waals surface area contributed by atoms with Gasteiger partial charge in [0.25, 0.3) is 11.6 Å². The van der Waals surface area contributed by atoms with Crippen molar-refractivity contribution in [3.63, 3.8) is 0 Å². The normalized spacial score (nSPS) is 19.9. The van der Waals surface area contributed by atoms with E-state index in [1.807, 2.05) is 0 Å². The third-order valence-electron chi connectivity index (χ3n) is 6.00. The molecule has 10 nitrogen and oxygen atoms in total. The molecule has 1 aliphatic heterocycles. The Morgan fingerprint density at radius 3 is 2.82 bits per heavy atom. The minimum atomic E-state index is -1.54. The fraction of sp³-hybridized carbons (Fsp3) is 0.364. The third kappa shape index (κ3) is 4.05. The maximum absolute atomic E-state index is 13.1. The molecule has 1 saturated heterocycles. The molecule has 1 aromatic carbocycles. The molecule has 4 rings (SSSR count). The Morgan fingerprint density at radius 2 is 2.09 bits per heavy atom. The molecule has 4 amide bonds. The van der Waals surface area contributed by atoms with E-state index in [1.165, 1.54) is 42.5 Å². The second kappa shape index (κ2) is 8.63. The van der Waals surface area contributed by atoms with Crippen LogP contribution in [0, 0.1) is 21.4 Å². The molecule has 2 N–H and O–H groups in total. The number of hydrogen-bond acceptors (Lipinski definition) is 7. The fourth-order valence-electron chi connectivity index (χ4n) is 4.23. The number of nitro groups is 1. The lowest BCUT2D eigenvalue weighted by Crippen LogP contribution is -2.42. The largest absolute Gasteiger partial charge is 0.325 e. The van der Waals surface area contributed by atoms with E-state index in [4.69, 9.17) is 0 Å². The first-order valence-corrected chi connectivity index (χ1v) is 11.3. The Labute approximate surface area is 193 Å². The number of imide groups is 1. The van der Waals surface area contributed by atoms with E-state index in [0.29, 0.717) is 10.6 Å². The van der Waals surface area contributed by atoms with Crippen molar-refractivity contribution >= 4 is 39.9 Å². The van der Waals surface area contributed by atoms with Crippen LogP contribution in [0.25, 0.3) is 0 Å². The van der Waals surface area contributed by atoms with E-state index in [9.17, 15) is 29.8 Å². The molecule has 2 heterocycles. The number of hydrogen-bond donors (Lipinski definition) is 2. The van der Waals surface area contributed by atoms with Gasteiger partial charge in [0, 0.05) is 17.0 Å². The van der Waals surface area contributed by atoms with Crippen molar-refractivity contribution in [3.8, 4) is 6.07 Å². The number of nitriles is 1. The number of anilines is 1. The van der Waals surface area contributed by atoms with Crippen LogP contribution in [0.2, 0.25) is 0 Å². The first-order valence-electron chi connectivity index (χ1n) is 10.5. The number of nitro benzene ring substituents is 1. The highest BCUT2D eigenvalue weighted by molar-refractivity contribution is 7.16. The van der Waals surface area contributed by atoms with E-state index in [1.54, 1.807) is 0 Å². The summed E-state index contributed by atoms with van der Waals surface area (Å²) in [7, 11) is 0. The van der Waals surface area contributed by atoms with E-state index in [-0.39, 0.29) is 11.3 Å². The number of benzene rings is 1. The van der Waals surface area contributed by atoms with Gasteiger partial charge in [-0.05, 0) is 43.7 Å². The molecule has 1 aromatic heterocycles. The maximum atomic E-state index is 13.1. The van der Waals surface area contributed by atoms with Gasteiger partial charge in [0.15, 0.2) is 0 Å². The smallest absolute Gasteiger partial charge is 0.319 e. The number of carbonyl (C=O) groups excluding carboxylic acids is 3. The Morgan fingerprint density at radius 1 is 1.33 bits per heavy atom. The monoisotopic (exact) mass is 467 g/mol. The molecule has 1 unspecified atom stereocenters. The van der Waals surface area contributed by atoms with Gasteiger partial charge in [-0.15, -0.1) is 11.3 Å². The van der Waals surface area contributed by atoms with Crippen LogP contribution in [0.3, 0.4) is 0 Å². The number of aryl methyl sites for hydroxylation is 1. The molecule has 0 spiro atoms. The lowest BCUT2D eigenvalue weighted by molar-refractivity contribution is -0.385. The molecule has 0 radical (unpaired) electrons. The molecule has 11 heteroatoms. The van der Waals surface area contributed by atoms with Crippen molar-refractivity contribution in [2.45, 2.75) is 44.6 Å². The van der Waals surface area contributed by atoms with Crippen LogP contribution in [0.1, 0.15) is 47.8 Å². The molecule has 0 saturated carbocycles.